The Labute approximate surface area is 115 Å². The van der Waals surface area contributed by atoms with Gasteiger partial charge in [0.1, 0.15) is 0 Å². The van der Waals surface area contributed by atoms with Crippen LogP contribution in [-0.2, 0) is 10.0 Å². The van der Waals surface area contributed by atoms with Gasteiger partial charge in [0.05, 0.1) is 11.0 Å². The van der Waals surface area contributed by atoms with Gasteiger partial charge in [-0.2, -0.15) is 4.31 Å². The van der Waals surface area contributed by atoms with Crippen molar-refractivity contribution >= 4 is 10.0 Å². The second kappa shape index (κ2) is 6.03. The normalized spacial score (nSPS) is 19.3. The molecule has 1 aliphatic heterocycles. The van der Waals surface area contributed by atoms with E-state index >= 15 is 0 Å². The van der Waals surface area contributed by atoms with Gasteiger partial charge in [-0.25, -0.2) is 8.42 Å². The monoisotopic (exact) mass is 283 g/mol. The summed E-state index contributed by atoms with van der Waals surface area (Å²) in [6.45, 7) is 3.07. The maximum absolute atomic E-state index is 12.5. The summed E-state index contributed by atoms with van der Waals surface area (Å²) in [5.74, 6) is 0. The number of piperidine rings is 1. The van der Waals surface area contributed by atoms with E-state index < -0.39 is 16.1 Å². The molecule has 1 saturated heterocycles. The van der Waals surface area contributed by atoms with Gasteiger partial charge in [0.2, 0.25) is 10.0 Å². The van der Waals surface area contributed by atoms with Crippen LogP contribution in [0.3, 0.4) is 0 Å². The van der Waals surface area contributed by atoms with Crippen molar-refractivity contribution in [1.82, 2.24) is 4.31 Å². The summed E-state index contributed by atoms with van der Waals surface area (Å²) in [4.78, 5) is 0.291. The van der Waals surface area contributed by atoms with Crippen LogP contribution in [0.25, 0.3) is 0 Å². The lowest BCUT2D eigenvalue weighted by Crippen LogP contribution is -2.35. The largest absolute Gasteiger partial charge is 0.388 e. The van der Waals surface area contributed by atoms with Crippen molar-refractivity contribution in [2.24, 2.45) is 0 Å². The number of sulfonamides is 1. The topological polar surface area (TPSA) is 57.6 Å². The molecule has 0 amide bonds. The van der Waals surface area contributed by atoms with Gasteiger partial charge in [-0.1, -0.05) is 25.5 Å². The lowest BCUT2D eigenvalue weighted by Gasteiger charge is -2.26. The number of rotatable bonds is 4. The van der Waals surface area contributed by atoms with Crippen LogP contribution in [0.1, 0.15) is 44.3 Å². The fourth-order valence-corrected chi connectivity index (χ4v) is 3.94. The van der Waals surface area contributed by atoms with Crippen molar-refractivity contribution in [3.8, 4) is 0 Å². The molecule has 0 bridgehead atoms. The minimum Gasteiger partial charge on any atom is -0.388 e. The lowest BCUT2D eigenvalue weighted by molar-refractivity contribution is 0.173. The van der Waals surface area contributed by atoms with E-state index in [1.54, 1.807) is 28.6 Å². The van der Waals surface area contributed by atoms with Gasteiger partial charge in [0.15, 0.2) is 0 Å². The highest BCUT2D eigenvalue weighted by Crippen LogP contribution is 2.24. The Balaban J connectivity index is 2.29. The predicted molar refractivity (Wildman–Crippen MR) is 74.3 cm³/mol. The van der Waals surface area contributed by atoms with Gasteiger partial charge in [-0.05, 0) is 37.0 Å². The Morgan fingerprint density at radius 3 is 2.58 bits per heavy atom. The van der Waals surface area contributed by atoms with Crippen LogP contribution in [0.4, 0.5) is 0 Å². The van der Waals surface area contributed by atoms with E-state index in [1.165, 1.54) is 0 Å². The van der Waals surface area contributed by atoms with E-state index in [0.717, 1.165) is 19.3 Å². The number of hydrogen-bond acceptors (Lipinski definition) is 3. The van der Waals surface area contributed by atoms with Crippen LogP contribution in [0.5, 0.6) is 0 Å². The highest BCUT2D eigenvalue weighted by molar-refractivity contribution is 7.89. The molecule has 1 heterocycles. The van der Waals surface area contributed by atoms with E-state index in [2.05, 4.69) is 0 Å². The minimum atomic E-state index is -3.40. The molecule has 2 rings (SSSR count). The SMILES string of the molecule is CCC(O)c1cccc(S(=O)(=O)N2CCCCC2)c1. The summed E-state index contributed by atoms with van der Waals surface area (Å²) < 4.78 is 26.5. The van der Waals surface area contributed by atoms with Crippen LogP contribution in [0.15, 0.2) is 29.2 Å². The average molecular weight is 283 g/mol. The van der Waals surface area contributed by atoms with Gasteiger partial charge in [-0.15, -0.1) is 0 Å². The number of aliphatic hydroxyl groups excluding tert-OH is 1. The molecule has 0 radical (unpaired) electrons. The summed E-state index contributed by atoms with van der Waals surface area (Å²) in [5.41, 5.74) is 0.667. The van der Waals surface area contributed by atoms with E-state index in [-0.39, 0.29) is 0 Å². The molecule has 1 N–H and O–H groups in total. The van der Waals surface area contributed by atoms with Crippen LogP contribution < -0.4 is 0 Å². The van der Waals surface area contributed by atoms with Crippen molar-refractivity contribution in [1.29, 1.82) is 0 Å². The molecule has 1 aromatic carbocycles. The fraction of sp³-hybridized carbons (Fsp3) is 0.571. The minimum absolute atomic E-state index is 0.291. The van der Waals surface area contributed by atoms with Crippen molar-refractivity contribution in [2.45, 2.75) is 43.6 Å². The van der Waals surface area contributed by atoms with Gasteiger partial charge in [0, 0.05) is 13.1 Å². The zero-order valence-electron chi connectivity index (χ0n) is 11.2. The highest BCUT2D eigenvalue weighted by Gasteiger charge is 2.26. The smallest absolute Gasteiger partial charge is 0.243 e. The Kier molecular flexibility index (Phi) is 4.60. The van der Waals surface area contributed by atoms with Crippen LogP contribution in [0.2, 0.25) is 0 Å². The molecular weight excluding hydrogens is 262 g/mol. The Hall–Kier alpha value is -0.910. The van der Waals surface area contributed by atoms with Crippen molar-refractivity contribution in [3.63, 3.8) is 0 Å². The molecular formula is C14H21NO3S. The molecule has 5 heteroatoms. The molecule has 1 aliphatic rings. The van der Waals surface area contributed by atoms with E-state index in [1.807, 2.05) is 6.92 Å². The van der Waals surface area contributed by atoms with Crippen LogP contribution in [-0.4, -0.2) is 30.9 Å². The van der Waals surface area contributed by atoms with E-state index in [9.17, 15) is 13.5 Å². The summed E-state index contributed by atoms with van der Waals surface area (Å²) in [7, 11) is -3.40. The molecule has 1 fully saturated rings. The molecule has 1 unspecified atom stereocenters. The molecule has 0 aliphatic carbocycles. The molecule has 4 nitrogen and oxygen atoms in total. The summed E-state index contributed by atoms with van der Waals surface area (Å²) >= 11 is 0. The molecule has 1 aromatic rings. The predicted octanol–water partition coefficient (Wildman–Crippen LogP) is 2.30. The first-order chi connectivity index (χ1) is 9.05. The van der Waals surface area contributed by atoms with Crippen molar-refractivity contribution in [3.05, 3.63) is 29.8 Å². The third-order valence-corrected chi connectivity index (χ3v) is 5.48. The van der Waals surface area contributed by atoms with Gasteiger partial charge in [0.25, 0.3) is 0 Å². The molecule has 106 valence electrons. The Morgan fingerprint density at radius 2 is 1.95 bits per heavy atom. The average Bonchev–Trinajstić information content (AvgIpc) is 2.47. The third kappa shape index (κ3) is 3.16. The quantitative estimate of drug-likeness (QED) is 0.922. The second-order valence-corrected chi connectivity index (χ2v) is 6.90. The second-order valence-electron chi connectivity index (χ2n) is 4.96. The Morgan fingerprint density at radius 1 is 1.26 bits per heavy atom. The summed E-state index contributed by atoms with van der Waals surface area (Å²) in [6, 6.07) is 6.67. The number of nitrogens with zero attached hydrogens (tertiary/aromatic N) is 1. The number of benzene rings is 1. The van der Waals surface area contributed by atoms with Gasteiger partial charge in [-0.3, -0.25) is 0 Å². The fourth-order valence-electron chi connectivity index (χ4n) is 2.37. The zero-order chi connectivity index (χ0) is 13.9. The Bertz CT molecular complexity index is 521. The summed E-state index contributed by atoms with van der Waals surface area (Å²) in [5, 5.41) is 9.82. The molecule has 0 aromatic heterocycles. The van der Waals surface area contributed by atoms with Gasteiger partial charge < -0.3 is 5.11 Å². The molecule has 19 heavy (non-hydrogen) atoms. The first kappa shape index (κ1) is 14.5. The summed E-state index contributed by atoms with van der Waals surface area (Å²) in [6.07, 6.45) is 2.93. The number of hydrogen-bond donors (Lipinski definition) is 1. The molecule has 1 atom stereocenters. The van der Waals surface area contributed by atoms with E-state index in [0.29, 0.717) is 30.0 Å². The van der Waals surface area contributed by atoms with Gasteiger partial charge >= 0.3 is 0 Å². The van der Waals surface area contributed by atoms with Crippen LogP contribution >= 0.6 is 0 Å². The third-order valence-electron chi connectivity index (χ3n) is 3.58. The zero-order valence-corrected chi connectivity index (χ0v) is 12.1. The first-order valence-electron chi connectivity index (χ1n) is 6.84. The van der Waals surface area contributed by atoms with Crippen molar-refractivity contribution in [2.75, 3.05) is 13.1 Å². The first-order valence-corrected chi connectivity index (χ1v) is 8.28. The molecule has 0 saturated carbocycles. The lowest BCUT2D eigenvalue weighted by atomic mass is 10.1. The van der Waals surface area contributed by atoms with Crippen LogP contribution in [0, 0.1) is 0 Å². The molecule has 0 spiro atoms. The number of aliphatic hydroxyl groups is 1. The maximum atomic E-state index is 12.5. The van der Waals surface area contributed by atoms with Crippen molar-refractivity contribution < 1.29 is 13.5 Å². The standard InChI is InChI=1S/C14H21NO3S/c1-2-14(16)12-7-6-8-13(11-12)19(17,18)15-9-4-3-5-10-15/h6-8,11,14,16H,2-5,9-10H2,1H3. The highest BCUT2D eigenvalue weighted by atomic mass is 32.2. The van der Waals surface area contributed by atoms with E-state index in [4.69, 9.17) is 0 Å². The maximum Gasteiger partial charge on any atom is 0.243 e.